The van der Waals surface area contributed by atoms with Crippen molar-refractivity contribution in [2.24, 2.45) is 0 Å². The number of carbonyl (C=O) groups is 1. The van der Waals surface area contributed by atoms with Crippen molar-refractivity contribution in [1.82, 2.24) is 0 Å². The first-order valence-corrected chi connectivity index (χ1v) is 6.08. The van der Waals surface area contributed by atoms with Gasteiger partial charge in [-0.1, -0.05) is 6.58 Å². The lowest BCUT2D eigenvalue weighted by atomic mass is 9.97. The van der Waals surface area contributed by atoms with Crippen LogP contribution in [0.25, 0.3) is 0 Å². The second-order valence-corrected chi connectivity index (χ2v) is 4.88. The van der Waals surface area contributed by atoms with Crippen molar-refractivity contribution in [3.05, 3.63) is 12.2 Å². The Kier molecular flexibility index (Phi) is 5.29. The smallest absolute Gasteiger partial charge is 0.335 e. The summed E-state index contributed by atoms with van der Waals surface area (Å²) < 4.78 is 10.7. The van der Waals surface area contributed by atoms with Gasteiger partial charge in [0, 0.05) is 11.0 Å². The van der Waals surface area contributed by atoms with E-state index in [1.54, 1.807) is 13.8 Å². The van der Waals surface area contributed by atoms with Crippen molar-refractivity contribution in [3.8, 4) is 0 Å². The molecule has 0 aromatic heterocycles. The molecular formula is C12H19ClO3. The molecule has 0 radical (unpaired) electrons. The lowest BCUT2D eigenvalue weighted by Gasteiger charge is -2.27. The molecule has 0 bridgehead atoms. The third-order valence-corrected chi connectivity index (χ3v) is 3.05. The number of halogens is 1. The van der Waals surface area contributed by atoms with Crippen LogP contribution in [0, 0.1) is 0 Å². The zero-order chi connectivity index (χ0) is 12.1. The van der Waals surface area contributed by atoms with Crippen LogP contribution in [0.3, 0.4) is 0 Å². The number of hydrogen-bond donors (Lipinski definition) is 0. The monoisotopic (exact) mass is 246 g/mol. The average molecular weight is 247 g/mol. The predicted molar refractivity (Wildman–Crippen MR) is 63.4 cm³/mol. The van der Waals surface area contributed by atoms with Crippen molar-refractivity contribution in [3.63, 3.8) is 0 Å². The fourth-order valence-corrected chi connectivity index (χ4v) is 1.96. The van der Waals surface area contributed by atoms with Gasteiger partial charge in [0.2, 0.25) is 6.29 Å². The molecule has 1 unspecified atom stereocenters. The normalized spacial score (nSPS) is 27.2. The number of ether oxygens (including phenoxy) is 2. The molecule has 1 aliphatic rings. The first-order valence-electron chi connectivity index (χ1n) is 5.65. The molecule has 0 spiro atoms. The third kappa shape index (κ3) is 4.54. The summed E-state index contributed by atoms with van der Waals surface area (Å²) in [4.78, 5) is 11.2. The molecule has 16 heavy (non-hydrogen) atoms. The van der Waals surface area contributed by atoms with Gasteiger partial charge in [0.15, 0.2) is 0 Å². The van der Waals surface area contributed by atoms with Crippen LogP contribution >= 0.6 is 11.6 Å². The Morgan fingerprint density at radius 2 is 1.94 bits per heavy atom. The summed E-state index contributed by atoms with van der Waals surface area (Å²) in [6, 6.07) is 0. The minimum absolute atomic E-state index is 0.155. The number of hydrogen-bond acceptors (Lipinski definition) is 3. The second-order valence-electron chi connectivity index (χ2n) is 4.26. The summed E-state index contributed by atoms with van der Waals surface area (Å²) in [5, 5.41) is 0.271. The highest BCUT2D eigenvalue weighted by molar-refractivity contribution is 6.20. The number of carbonyl (C=O) groups excluding carboxylic acids is 1. The summed E-state index contributed by atoms with van der Waals surface area (Å²) in [7, 11) is 0. The van der Waals surface area contributed by atoms with Crippen molar-refractivity contribution < 1.29 is 14.3 Å². The average Bonchev–Trinajstić information content (AvgIpc) is 2.21. The van der Waals surface area contributed by atoms with E-state index in [0.717, 1.165) is 25.7 Å². The van der Waals surface area contributed by atoms with Crippen LogP contribution in [0.4, 0.5) is 0 Å². The maximum atomic E-state index is 11.2. The highest BCUT2D eigenvalue weighted by Crippen LogP contribution is 2.25. The molecular weight excluding hydrogens is 228 g/mol. The first-order chi connectivity index (χ1) is 7.49. The molecule has 4 heteroatoms. The SMILES string of the molecule is C=C(C)C(=O)OC(C)OC1CCC(Cl)CC1. The Bertz CT molecular complexity index is 257. The van der Waals surface area contributed by atoms with Gasteiger partial charge in [-0.3, -0.25) is 0 Å². The van der Waals surface area contributed by atoms with Crippen LogP contribution in [0.15, 0.2) is 12.2 Å². The molecule has 0 aromatic rings. The summed E-state index contributed by atoms with van der Waals surface area (Å²) in [6.07, 6.45) is 3.44. The van der Waals surface area contributed by atoms with Gasteiger partial charge >= 0.3 is 5.97 Å². The third-order valence-electron chi connectivity index (χ3n) is 2.61. The Balaban J connectivity index is 2.26. The predicted octanol–water partition coefficient (Wildman–Crippen LogP) is 3.02. The largest absolute Gasteiger partial charge is 0.433 e. The number of esters is 1. The highest BCUT2D eigenvalue weighted by atomic mass is 35.5. The molecule has 0 aliphatic heterocycles. The fraction of sp³-hybridized carbons (Fsp3) is 0.750. The standard InChI is InChI=1S/C12H19ClO3/c1-8(2)12(14)16-9(3)15-11-6-4-10(13)5-7-11/h9-11H,1,4-7H2,2-3H3. The minimum Gasteiger partial charge on any atom is -0.433 e. The fourth-order valence-electron chi connectivity index (χ4n) is 1.71. The molecule has 3 nitrogen and oxygen atoms in total. The van der Waals surface area contributed by atoms with Gasteiger partial charge in [0.05, 0.1) is 6.10 Å². The minimum atomic E-state index is -0.513. The molecule has 1 aliphatic carbocycles. The van der Waals surface area contributed by atoms with Crippen molar-refractivity contribution >= 4 is 17.6 Å². The van der Waals surface area contributed by atoms with E-state index in [0.29, 0.717) is 5.57 Å². The zero-order valence-corrected chi connectivity index (χ0v) is 10.6. The molecule has 1 atom stereocenters. The van der Waals surface area contributed by atoms with Gasteiger partial charge in [0.25, 0.3) is 0 Å². The van der Waals surface area contributed by atoms with Gasteiger partial charge < -0.3 is 9.47 Å². The van der Waals surface area contributed by atoms with E-state index in [9.17, 15) is 4.79 Å². The van der Waals surface area contributed by atoms with Gasteiger partial charge in [-0.15, -0.1) is 11.6 Å². The Labute approximate surface area is 102 Å². The van der Waals surface area contributed by atoms with E-state index in [1.807, 2.05) is 0 Å². The maximum Gasteiger partial charge on any atom is 0.335 e. The maximum absolute atomic E-state index is 11.2. The van der Waals surface area contributed by atoms with E-state index in [-0.39, 0.29) is 11.5 Å². The van der Waals surface area contributed by atoms with Gasteiger partial charge in [-0.05, 0) is 39.5 Å². The number of alkyl halides is 1. The Morgan fingerprint density at radius 1 is 1.38 bits per heavy atom. The molecule has 1 rings (SSSR count). The van der Waals surface area contributed by atoms with Crippen LogP contribution in [-0.4, -0.2) is 23.7 Å². The van der Waals surface area contributed by atoms with Gasteiger partial charge in [-0.25, -0.2) is 4.79 Å². The molecule has 1 fully saturated rings. The first kappa shape index (κ1) is 13.5. The van der Waals surface area contributed by atoms with Crippen molar-refractivity contribution in [2.75, 3.05) is 0 Å². The quantitative estimate of drug-likeness (QED) is 0.331. The topological polar surface area (TPSA) is 35.5 Å². The van der Waals surface area contributed by atoms with Crippen molar-refractivity contribution in [2.45, 2.75) is 57.3 Å². The van der Waals surface area contributed by atoms with E-state index < -0.39 is 12.3 Å². The number of rotatable bonds is 4. The lowest BCUT2D eigenvalue weighted by molar-refractivity contribution is -0.183. The summed E-state index contributed by atoms with van der Waals surface area (Å²) in [5.41, 5.74) is 0.389. The molecule has 0 heterocycles. The van der Waals surface area contributed by atoms with Crippen LogP contribution in [-0.2, 0) is 14.3 Å². The molecule has 0 aromatic carbocycles. The zero-order valence-electron chi connectivity index (χ0n) is 9.87. The van der Waals surface area contributed by atoms with Crippen molar-refractivity contribution in [1.29, 1.82) is 0 Å². The van der Waals surface area contributed by atoms with E-state index in [2.05, 4.69) is 6.58 Å². The molecule has 0 N–H and O–H groups in total. The van der Waals surface area contributed by atoms with E-state index in [4.69, 9.17) is 21.1 Å². The highest BCUT2D eigenvalue weighted by Gasteiger charge is 2.22. The Hall–Kier alpha value is -0.540. The molecule has 92 valence electrons. The van der Waals surface area contributed by atoms with Gasteiger partial charge in [0.1, 0.15) is 0 Å². The van der Waals surface area contributed by atoms with E-state index >= 15 is 0 Å². The Morgan fingerprint density at radius 3 is 2.44 bits per heavy atom. The van der Waals surface area contributed by atoms with Crippen LogP contribution < -0.4 is 0 Å². The van der Waals surface area contributed by atoms with Crippen LogP contribution in [0.1, 0.15) is 39.5 Å². The van der Waals surface area contributed by atoms with Crippen LogP contribution in [0.5, 0.6) is 0 Å². The second kappa shape index (κ2) is 6.26. The molecule has 0 saturated heterocycles. The molecule has 1 saturated carbocycles. The van der Waals surface area contributed by atoms with Crippen LogP contribution in [0.2, 0.25) is 0 Å². The molecule has 0 amide bonds. The lowest BCUT2D eigenvalue weighted by Crippen LogP contribution is -2.28. The van der Waals surface area contributed by atoms with Gasteiger partial charge in [-0.2, -0.15) is 0 Å². The van der Waals surface area contributed by atoms with E-state index in [1.165, 1.54) is 0 Å². The summed E-state index contributed by atoms with van der Waals surface area (Å²) in [5.74, 6) is -0.404. The summed E-state index contributed by atoms with van der Waals surface area (Å²) in [6.45, 7) is 6.87. The summed E-state index contributed by atoms with van der Waals surface area (Å²) >= 11 is 5.99.